The van der Waals surface area contributed by atoms with E-state index in [9.17, 15) is 4.79 Å². The van der Waals surface area contributed by atoms with Crippen molar-refractivity contribution in [2.75, 3.05) is 6.54 Å². The number of aromatic amines is 1. The Morgan fingerprint density at radius 3 is 3.00 bits per heavy atom. The second kappa shape index (κ2) is 5.89. The van der Waals surface area contributed by atoms with Gasteiger partial charge in [-0.15, -0.1) is 0 Å². The molecule has 0 spiro atoms. The molecule has 1 unspecified atom stereocenters. The third-order valence-electron chi connectivity index (χ3n) is 3.22. The highest BCUT2D eigenvalue weighted by atomic mass is 16.1. The molecule has 0 bridgehead atoms. The van der Waals surface area contributed by atoms with E-state index >= 15 is 0 Å². The van der Waals surface area contributed by atoms with Crippen molar-refractivity contribution >= 4 is 16.8 Å². The summed E-state index contributed by atoms with van der Waals surface area (Å²) in [5, 5.41) is 4.17. The number of amides is 1. The van der Waals surface area contributed by atoms with E-state index in [4.69, 9.17) is 5.73 Å². The number of hydrogen-bond donors (Lipinski definition) is 3. The summed E-state index contributed by atoms with van der Waals surface area (Å²) < 4.78 is 0. The van der Waals surface area contributed by atoms with Crippen LogP contribution >= 0.6 is 0 Å². The van der Waals surface area contributed by atoms with Gasteiger partial charge in [0.2, 0.25) is 5.91 Å². The van der Waals surface area contributed by atoms with E-state index in [0.29, 0.717) is 13.0 Å². The molecule has 1 aromatic carbocycles. The van der Waals surface area contributed by atoms with Crippen LogP contribution in [0, 0.1) is 6.92 Å². The zero-order valence-corrected chi connectivity index (χ0v) is 11.5. The number of hydrogen-bond acceptors (Lipinski definition) is 2. The van der Waals surface area contributed by atoms with Crippen LogP contribution < -0.4 is 11.1 Å². The molecular formula is C15H21N3O. The summed E-state index contributed by atoms with van der Waals surface area (Å²) in [5.74, 6) is 0.0200. The number of nitrogens with one attached hydrogen (secondary N) is 2. The highest BCUT2D eigenvalue weighted by Crippen LogP contribution is 2.22. The Balaban J connectivity index is 1.97. The molecular weight excluding hydrogens is 238 g/mol. The van der Waals surface area contributed by atoms with Gasteiger partial charge in [0.15, 0.2) is 0 Å². The monoisotopic (exact) mass is 259 g/mol. The van der Waals surface area contributed by atoms with Crippen LogP contribution in [0.5, 0.6) is 0 Å². The van der Waals surface area contributed by atoms with Gasteiger partial charge in [-0.25, -0.2) is 0 Å². The number of benzene rings is 1. The lowest BCUT2D eigenvalue weighted by molar-refractivity contribution is -0.121. The predicted molar refractivity (Wildman–Crippen MR) is 78.0 cm³/mol. The van der Waals surface area contributed by atoms with E-state index in [2.05, 4.69) is 29.4 Å². The highest BCUT2D eigenvalue weighted by Gasteiger charge is 2.07. The van der Waals surface area contributed by atoms with E-state index in [1.807, 2.05) is 19.2 Å². The molecule has 0 aliphatic rings. The van der Waals surface area contributed by atoms with Crippen molar-refractivity contribution in [1.82, 2.24) is 10.3 Å². The first-order valence-electron chi connectivity index (χ1n) is 6.66. The fraction of sp³-hybridized carbons (Fsp3) is 0.400. The van der Waals surface area contributed by atoms with E-state index in [0.717, 1.165) is 11.9 Å². The number of aromatic nitrogens is 1. The number of rotatable bonds is 5. The van der Waals surface area contributed by atoms with Crippen molar-refractivity contribution in [3.63, 3.8) is 0 Å². The third kappa shape index (κ3) is 3.35. The minimum absolute atomic E-state index is 0.0200. The Hall–Kier alpha value is -1.81. The first kappa shape index (κ1) is 13.6. The van der Waals surface area contributed by atoms with Gasteiger partial charge in [-0.3, -0.25) is 4.79 Å². The number of aryl methyl sites for hydroxylation is 1. The normalized spacial score (nSPS) is 12.6. The maximum Gasteiger partial charge on any atom is 0.221 e. The first-order chi connectivity index (χ1) is 9.08. The number of carbonyl (C=O) groups is 1. The summed E-state index contributed by atoms with van der Waals surface area (Å²) in [4.78, 5) is 14.8. The van der Waals surface area contributed by atoms with E-state index < -0.39 is 0 Å². The highest BCUT2D eigenvalue weighted by molar-refractivity contribution is 5.86. The van der Waals surface area contributed by atoms with Crippen molar-refractivity contribution in [2.45, 2.75) is 32.7 Å². The van der Waals surface area contributed by atoms with Crippen LogP contribution in [0.1, 0.15) is 24.5 Å². The van der Waals surface area contributed by atoms with Gasteiger partial charge in [0.05, 0.1) is 0 Å². The summed E-state index contributed by atoms with van der Waals surface area (Å²) >= 11 is 0. The van der Waals surface area contributed by atoms with Gasteiger partial charge in [0.25, 0.3) is 0 Å². The Kier molecular flexibility index (Phi) is 4.22. The molecule has 4 heteroatoms. The largest absolute Gasteiger partial charge is 0.361 e. The van der Waals surface area contributed by atoms with Crippen molar-refractivity contribution in [3.8, 4) is 0 Å². The third-order valence-corrected chi connectivity index (χ3v) is 3.22. The van der Waals surface area contributed by atoms with Crippen LogP contribution in [-0.4, -0.2) is 23.5 Å². The zero-order valence-electron chi connectivity index (χ0n) is 11.5. The molecule has 0 fully saturated rings. The van der Waals surface area contributed by atoms with Crippen LogP contribution in [-0.2, 0) is 11.2 Å². The lowest BCUT2D eigenvalue weighted by Gasteiger charge is -2.07. The van der Waals surface area contributed by atoms with Gasteiger partial charge in [-0.2, -0.15) is 0 Å². The van der Waals surface area contributed by atoms with Gasteiger partial charge >= 0.3 is 0 Å². The van der Waals surface area contributed by atoms with Crippen LogP contribution in [0.15, 0.2) is 24.4 Å². The number of carbonyl (C=O) groups excluding carboxylic acids is 1. The fourth-order valence-corrected chi connectivity index (χ4v) is 2.35. The molecule has 2 aromatic rings. The quantitative estimate of drug-likeness (QED) is 0.767. The van der Waals surface area contributed by atoms with Crippen molar-refractivity contribution in [3.05, 3.63) is 35.5 Å². The second-order valence-electron chi connectivity index (χ2n) is 5.09. The lowest BCUT2D eigenvalue weighted by Crippen LogP contribution is -2.31. The molecule has 1 atom stereocenters. The van der Waals surface area contributed by atoms with Gasteiger partial charge in [-0.1, -0.05) is 12.1 Å². The number of fused-ring (bicyclic) bond motifs is 1. The molecule has 19 heavy (non-hydrogen) atoms. The molecule has 0 radical (unpaired) electrons. The van der Waals surface area contributed by atoms with Crippen molar-refractivity contribution in [1.29, 1.82) is 0 Å². The molecule has 4 nitrogen and oxygen atoms in total. The Morgan fingerprint density at radius 1 is 1.47 bits per heavy atom. The minimum Gasteiger partial charge on any atom is -0.361 e. The average molecular weight is 259 g/mol. The molecule has 4 N–H and O–H groups in total. The summed E-state index contributed by atoms with van der Waals surface area (Å²) in [6.07, 6.45) is 3.23. The first-order valence-corrected chi connectivity index (χ1v) is 6.66. The molecule has 0 saturated carbocycles. The Labute approximate surface area is 113 Å². The second-order valence-corrected chi connectivity index (χ2v) is 5.09. The number of nitrogens with two attached hydrogens (primary N) is 1. The van der Waals surface area contributed by atoms with E-state index in [1.165, 1.54) is 16.5 Å². The standard InChI is InChI=1S/C15H21N3O/c1-10-4-3-5-13-15(10)12(9-18-13)6-7-17-14(19)8-11(2)16/h3-5,9,11,18H,6-8,16H2,1-2H3,(H,17,19). The van der Waals surface area contributed by atoms with Crippen LogP contribution in [0.25, 0.3) is 10.9 Å². The van der Waals surface area contributed by atoms with Crippen LogP contribution in [0.4, 0.5) is 0 Å². The number of H-pyrrole nitrogens is 1. The van der Waals surface area contributed by atoms with Gasteiger partial charge < -0.3 is 16.0 Å². The fourth-order valence-electron chi connectivity index (χ4n) is 2.35. The van der Waals surface area contributed by atoms with Crippen molar-refractivity contribution in [2.24, 2.45) is 5.73 Å². The summed E-state index contributed by atoms with van der Waals surface area (Å²) in [6.45, 7) is 4.59. The van der Waals surface area contributed by atoms with Gasteiger partial charge in [0.1, 0.15) is 0 Å². The minimum atomic E-state index is -0.0877. The SMILES string of the molecule is Cc1cccc2[nH]cc(CCNC(=O)CC(C)N)c12. The molecule has 0 aliphatic heterocycles. The van der Waals surface area contributed by atoms with Gasteiger partial charge in [-0.05, 0) is 37.5 Å². The Bertz CT molecular complexity index is 572. The molecule has 2 rings (SSSR count). The average Bonchev–Trinajstić information content (AvgIpc) is 2.73. The molecule has 0 aliphatic carbocycles. The van der Waals surface area contributed by atoms with Crippen LogP contribution in [0.2, 0.25) is 0 Å². The molecule has 1 heterocycles. The summed E-state index contributed by atoms with van der Waals surface area (Å²) in [5.41, 5.74) is 9.24. The predicted octanol–water partition coefficient (Wildman–Crippen LogP) is 1.87. The molecule has 0 saturated heterocycles. The maximum absolute atomic E-state index is 11.5. The molecule has 102 valence electrons. The molecule has 1 aromatic heterocycles. The maximum atomic E-state index is 11.5. The van der Waals surface area contributed by atoms with Crippen molar-refractivity contribution < 1.29 is 4.79 Å². The molecule has 1 amide bonds. The van der Waals surface area contributed by atoms with Gasteiger partial charge in [0, 0.05) is 36.1 Å². The smallest absolute Gasteiger partial charge is 0.221 e. The lowest BCUT2D eigenvalue weighted by atomic mass is 10.1. The van der Waals surface area contributed by atoms with Crippen LogP contribution in [0.3, 0.4) is 0 Å². The zero-order chi connectivity index (χ0) is 13.8. The topological polar surface area (TPSA) is 70.9 Å². The van der Waals surface area contributed by atoms with E-state index in [1.54, 1.807) is 0 Å². The van der Waals surface area contributed by atoms with E-state index in [-0.39, 0.29) is 11.9 Å². The Morgan fingerprint density at radius 2 is 2.26 bits per heavy atom. The summed E-state index contributed by atoms with van der Waals surface area (Å²) in [7, 11) is 0. The summed E-state index contributed by atoms with van der Waals surface area (Å²) in [6, 6.07) is 6.13.